The van der Waals surface area contributed by atoms with Crippen molar-refractivity contribution in [3.8, 4) is 17.2 Å². The highest BCUT2D eigenvalue weighted by Gasteiger charge is 2.22. The lowest BCUT2D eigenvalue weighted by Gasteiger charge is -2.19. The fourth-order valence-corrected chi connectivity index (χ4v) is 5.14. The highest BCUT2D eigenvalue weighted by atomic mass is 32.2. The molecule has 14 heteroatoms. The zero-order valence-electron chi connectivity index (χ0n) is 24.5. The van der Waals surface area contributed by atoms with Crippen LogP contribution >= 0.6 is 0 Å². The summed E-state index contributed by atoms with van der Waals surface area (Å²) in [5, 5.41) is 2.56. The second kappa shape index (κ2) is 12.2. The Morgan fingerprint density at radius 3 is 2.36 bits per heavy atom. The van der Waals surface area contributed by atoms with Crippen LogP contribution in [0.5, 0.6) is 17.2 Å². The second-order valence-electron chi connectivity index (χ2n) is 10.8. The van der Waals surface area contributed by atoms with Crippen LogP contribution < -0.4 is 25.2 Å². The Kier molecular flexibility index (Phi) is 8.85. The summed E-state index contributed by atoms with van der Waals surface area (Å²) >= 11 is 0. The van der Waals surface area contributed by atoms with E-state index < -0.39 is 21.7 Å². The van der Waals surface area contributed by atoms with Gasteiger partial charge in [-0.15, -0.1) is 0 Å². The molecule has 0 aliphatic carbocycles. The third kappa shape index (κ3) is 7.43. The third-order valence-corrected chi connectivity index (χ3v) is 7.37. The number of benzene rings is 2. The predicted molar refractivity (Wildman–Crippen MR) is 158 cm³/mol. The Bertz CT molecular complexity index is 1750. The first kappa shape index (κ1) is 30.5. The molecule has 0 radical (unpaired) electrons. The number of aromatic nitrogens is 4. The molecule has 0 spiro atoms. The number of unbranched alkanes of at least 4 members (excludes halogenated alkanes) is 1. The summed E-state index contributed by atoms with van der Waals surface area (Å²) in [5.41, 5.74) is 0.404. The summed E-state index contributed by atoms with van der Waals surface area (Å²) in [6, 6.07) is 10.1. The fraction of sp³-hybridized carbons (Fsp3) is 0.393. The molecule has 4 rings (SSSR count). The minimum atomic E-state index is -4.05. The topological polar surface area (TPSA) is 148 Å². The van der Waals surface area contributed by atoms with Gasteiger partial charge in [-0.05, 0) is 51.8 Å². The van der Waals surface area contributed by atoms with Crippen LogP contribution in [0.2, 0.25) is 0 Å². The molecule has 0 aliphatic heterocycles. The summed E-state index contributed by atoms with van der Waals surface area (Å²) in [5.74, 6) is 1.14. The van der Waals surface area contributed by atoms with E-state index in [1.165, 1.54) is 26.2 Å². The second-order valence-corrected chi connectivity index (χ2v) is 12.4. The van der Waals surface area contributed by atoms with E-state index in [1.807, 2.05) is 20.8 Å². The van der Waals surface area contributed by atoms with Crippen molar-refractivity contribution in [1.29, 1.82) is 0 Å². The first-order valence-corrected chi connectivity index (χ1v) is 14.8. The van der Waals surface area contributed by atoms with E-state index >= 15 is 0 Å². The van der Waals surface area contributed by atoms with E-state index in [9.17, 15) is 18.0 Å². The van der Waals surface area contributed by atoms with Gasteiger partial charge in [0.1, 0.15) is 17.1 Å². The van der Waals surface area contributed by atoms with Gasteiger partial charge >= 0.3 is 11.8 Å². The molecular formula is C28H36N6O7S. The number of anilines is 1. The molecule has 4 aromatic rings. The molecule has 2 aromatic carbocycles. The monoisotopic (exact) mass is 600 g/mol. The number of ether oxygens (including phenoxy) is 3. The van der Waals surface area contributed by atoms with E-state index in [-0.39, 0.29) is 22.2 Å². The lowest BCUT2D eigenvalue weighted by molar-refractivity contribution is 0.0526. The van der Waals surface area contributed by atoms with Gasteiger partial charge in [0.05, 0.1) is 29.7 Å². The van der Waals surface area contributed by atoms with Crippen molar-refractivity contribution < 1.29 is 27.4 Å². The van der Waals surface area contributed by atoms with Crippen LogP contribution in [0.4, 0.5) is 10.5 Å². The first-order valence-electron chi connectivity index (χ1n) is 13.3. The molecule has 13 nitrogen and oxygen atoms in total. The summed E-state index contributed by atoms with van der Waals surface area (Å²) in [6.45, 7) is 6.29. The fourth-order valence-electron chi connectivity index (χ4n) is 4.09. The van der Waals surface area contributed by atoms with Gasteiger partial charge in [0.15, 0.2) is 10.8 Å². The van der Waals surface area contributed by atoms with E-state index in [1.54, 1.807) is 57.5 Å². The standard InChI is InChI=1S/C28H36N6O7S/c1-28(2,3)41-26(35)29-12-7-8-13-39-19-10-9-11-20(14-19)40-24-16-23-22(33(5)27(36)34(23)6)15-21(24)31-42(37,38)25-17-32(4)18-30-25/h9-11,14-18,31H,7-8,12-13H2,1-6H3,(H,29,35). The van der Waals surface area contributed by atoms with Crippen LogP contribution in [0.3, 0.4) is 0 Å². The summed E-state index contributed by atoms with van der Waals surface area (Å²) in [4.78, 5) is 28.3. The third-order valence-electron chi connectivity index (χ3n) is 6.12. The quantitative estimate of drug-likeness (QED) is 0.247. The van der Waals surface area contributed by atoms with Gasteiger partial charge in [0, 0.05) is 46.0 Å². The zero-order valence-corrected chi connectivity index (χ0v) is 25.3. The van der Waals surface area contributed by atoms with Gasteiger partial charge in [0.25, 0.3) is 10.0 Å². The van der Waals surface area contributed by atoms with Gasteiger partial charge in [-0.25, -0.2) is 14.6 Å². The van der Waals surface area contributed by atoms with Crippen molar-refractivity contribution in [2.75, 3.05) is 17.9 Å². The zero-order chi connectivity index (χ0) is 30.7. The number of carbonyl (C=O) groups is 1. The molecule has 2 heterocycles. The van der Waals surface area contributed by atoms with Crippen molar-refractivity contribution in [3.63, 3.8) is 0 Å². The van der Waals surface area contributed by atoms with Gasteiger partial charge in [0.2, 0.25) is 0 Å². The number of fused-ring (bicyclic) bond motifs is 1. The van der Waals surface area contributed by atoms with Crippen molar-refractivity contribution in [1.82, 2.24) is 24.0 Å². The number of nitrogens with zero attached hydrogens (tertiary/aromatic N) is 4. The molecule has 2 N–H and O–H groups in total. The summed E-state index contributed by atoms with van der Waals surface area (Å²) in [7, 11) is 0.856. The van der Waals surface area contributed by atoms with E-state index in [0.29, 0.717) is 48.5 Å². The number of amides is 1. The Morgan fingerprint density at radius 2 is 1.69 bits per heavy atom. The smallest absolute Gasteiger partial charge is 0.407 e. The minimum absolute atomic E-state index is 0.137. The van der Waals surface area contributed by atoms with Gasteiger partial charge in [-0.3, -0.25) is 13.9 Å². The van der Waals surface area contributed by atoms with Gasteiger partial charge < -0.3 is 24.1 Å². The lowest BCUT2D eigenvalue weighted by atomic mass is 10.2. The minimum Gasteiger partial charge on any atom is -0.493 e. The largest absolute Gasteiger partial charge is 0.493 e. The maximum absolute atomic E-state index is 13.1. The Labute approximate surface area is 244 Å². The molecule has 1 amide bonds. The number of sulfonamides is 1. The molecule has 0 unspecified atom stereocenters. The van der Waals surface area contributed by atoms with Crippen LogP contribution in [0, 0.1) is 0 Å². The van der Waals surface area contributed by atoms with E-state index in [0.717, 1.165) is 0 Å². The number of alkyl carbamates (subject to hydrolysis) is 1. The number of hydrogen-bond donors (Lipinski definition) is 2. The van der Waals surface area contributed by atoms with E-state index in [4.69, 9.17) is 14.2 Å². The average Bonchev–Trinajstić information content (AvgIpc) is 3.43. The highest BCUT2D eigenvalue weighted by Crippen LogP contribution is 2.35. The van der Waals surface area contributed by atoms with Crippen LogP contribution in [0.15, 0.2) is 58.7 Å². The number of imidazole rings is 2. The SMILES string of the molecule is Cn1cnc(S(=O)(=O)Nc2cc3c(cc2Oc2cccc(OCCCCNC(=O)OC(C)(C)C)c2)n(C)c(=O)n3C)c1. The molecule has 0 saturated heterocycles. The molecule has 0 aliphatic rings. The lowest BCUT2D eigenvalue weighted by Crippen LogP contribution is -2.33. The average molecular weight is 601 g/mol. The number of rotatable bonds is 11. The maximum Gasteiger partial charge on any atom is 0.407 e. The van der Waals surface area contributed by atoms with Crippen LogP contribution in [-0.2, 0) is 35.9 Å². The summed E-state index contributed by atoms with van der Waals surface area (Å²) < 4.78 is 50.4. The van der Waals surface area contributed by atoms with Gasteiger partial charge in [-0.2, -0.15) is 8.42 Å². The molecular weight excluding hydrogens is 564 g/mol. The maximum atomic E-state index is 13.1. The Hall–Kier alpha value is -4.46. The van der Waals surface area contributed by atoms with Crippen LogP contribution in [0.1, 0.15) is 33.6 Å². The Balaban J connectivity index is 1.48. The van der Waals surface area contributed by atoms with Crippen LogP contribution in [0.25, 0.3) is 11.0 Å². The van der Waals surface area contributed by atoms with Crippen molar-refractivity contribution >= 4 is 32.8 Å². The van der Waals surface area contributed by atoms with Gasteiger partial charge in [-0.1, -0.05) is 6.07 Å². The normalized spacial score (nSPS) is 11.9. The molecule has 226 valence electrons. The number of aryl methyl sites for hydroxylation is 3. The van der Waals surface area contributed by atoms with Crippen molar-refractivity contribution in [2.24, 2.45) is 21.1 Å². The van der Waals surface area contributed by atoms with Crippen molar-refractivity contribution in [3.05, 3.63) is 59.4 Å². The molecule has 0 bridgehead atoms. The number of hydrogen-bond acceptors (Lipinski definition) is 8. The number of carbonyl (C=O) groups excluding carboxylic acids is 1. The molecule has 2 aromatic heterocycles. The van der Waals surface area contributed by atoms with E-state index in [2.05, 4.69) is 15.0 Å². The number of nitrogens with one attached hydrogen (secondary N) is 2. The first-order chi connectivity index (χ1) is 19.7. The molecule has 42 heavy (non-hydrogen) atoms. The van der Waals surface area contributed by atoms with Crippen LogP contribution in [-0.4, -0.2) is 51.9 Å². The highest BCUT2D eigenvalue weighted by molar-refractivity contribution is 7.92. The molecule has 0 fully saturated rings. The Morgan fingerprint density at radius 1 is 1.00 bits per heavy atom. The molecule has 0 atom stereocenters. The predicted octanol–water partition coefficient (Wildman–Crippen LogP) is 3.89. The molecule has 0 saturated carbocycles. The summed E-state index contributed by atoms with van der Waals surface area (Å²) in [6.07, 6.45) is 3.71. The van der Waals surface area contributed by atoms with Crippen molar-refractivity contribution in [2.45, 2.75) is 44.2 Å².